The molecule has 3 heteroatoms. The van der Waals surface area contributed by atoms with Crippen molar-refractivity contribution in [2.75, 3.05) is 0 Å². The fourth-order valence-electron chi connectivity index (χ4n) is 2.65. The Morgan fingerprint density at radius 3 is 2.61 bits per heavy atom. The van der Waals surface area contributed by atoms with Crippen molar-refractivity contribution in [1.29, 1.82) is 0 Å². The maximum Gasteiger partial charge on any atom is 0.191 e. The summed E-state index contributed by atoms with van der Waals surface area (Å²) < 4.78 is 0. The lowest BCUT2D eigenvalue weighted by atomic mass is 9.95. The van der Waals surface area contributed by atoms with Crippen molar-refractivity contribution < 1.29 is 15.0 Å². The van der Waals surface area contributed by atoms with Gasteiger partial charge in [-0.15, -0.1) is 0 Å². The Morgan fingerprint density at radius 2 is 2.00 bits per heavy atom. The number of rotatable bonds is 5. The second-order valence-electron chi connectivity index (χ2n) is 5.08. The van der Waals surface area contributed by atoms with E-state index in [0.717, 1.165) is 25.7 Å². The van der Waals surface area contributed by atoms with Crippen molar-refractivity contribution in [1.82, 2.24) is 0 Å². The van der Waals surface area contributed by atoms with Crippen molar-refractivity contribution in [3.05, 3.63) is 35.9 Å². The topological polar surface area (TPSA) is 57.5 Å². The Kier molecular flexibility index (Phi) is 4.50. The number of aliphatic hydroxyl groups is 2. The lowest BCUT2D eigenvalue weighted by molar-refractivity contribution is 0.0678. The largest absolute Gasteiger partial charge is 0.393 e. The molecule has 3 atom stereocenters. The van der Waals surface area contributed by atoms with E-state index in [9.17, 15) is 15.0 Å². The Morgan fingerprint density at radius 1 is 1.28 bits per heavy atom. The molecule has 1 aliphatic carbocycles. The molecule has 0 heterocycles. The van der Waals surface area contributed by atoms with E-state index in [1.807, 2.05) is 6.07 Å². The molecule has 0 amide bonds. The average molecular weight is 248 g/mol. The van der Waals surface area contributed by atoms with Gasteiger partial charge in [0.15, 0.2) is 5.78 Å². The summed E-state index contributed by atoms with van der Waals surface area (Å²) in [6, 6.07) is 8.87. The molecule has 1 fully saturated rings. The van der Waals surface area contributed by atoms with Gasteiger partial charge in [-0.25, -0.2) is 0 Å². The highest BCUT2D eigenvalue weighted by Gasteiger charge is 2.26. The van der Waals surface area contributed by atoms with Crippen LogP contribution in [0.4, 0.5) is 0 Å². The number of Topliss-reactive ketones (excluding diaryl/α,β-unsaturated/α-hetero) is 1. The molecule has 0 saturated heterocycles. The number of hydrogen-bond donors (Lipinski definition) is 2. The Hall–Kier alpha value is -1.19. The van der Waals surface area contributed by atoms with Gasteiger partial charge >= 0.3 is 0 Å². The van der Waals surface area contributed by atoms with E-state index in [1.54, 1.807) is 24.3 Å². The molecule has 1 aliphatic rings. The molecular formula is C15H20O3. The third kappa shape index (κ3) is 3.18. The fraction of sp³-hybridized carbons (Fsp3) is 0.533. The molecule has 3 nitrogen and oxygen atoms in total. The van der Waals surface area contributed by atoms with Crippen LogP contribution in [0.5, 0.6) is 0 Å². The molecule has 0 bridgehead atoms. The summed E-state index contributed by atoms with van der Waals surface area (Å²) in [7, 11) is 0. The SMILES string of the molecule is O=C(c1ccccc1)C(O)CCC1CCCC1O. The van der Waals surface area contributed by atoms with E-state index in [-0.39, 0.29) is 17.8 Å². The number of ketones is 1. The first-order valence-corrected chi connectivity index (χ1v) is 6.64. The smallest absolute Gasteiger partial charge is 0.191 e. The first-order valence-electron chi connectivity index (χ1n) is 6.64. The lowest BCUT2D eigenvalue weighted by Gasteiger charge is -2.16. The zero-order chi connectivity index (χ0) is 13.0. The second-order valence-corrected chi connectivity index (χ2v) is 5.08. The molecule has 1 aromatic rings. The van der Waals surface area contributed by atoms with Gasteiger partial charge in [0.05, 0.1) is 6.10 Å². The van der Waals surface area contributed by atoms with Gasteiger partial charge < -0.3 is 10.2 Å². The van der Waals surface area contributed by atoms with Crippen LogP contribution in [0, 0.1) is 5.92 Å². The van der Waals surface area contributed by atoms with Crippen LogP contribution in [0.25, 0.3) is 0 Å². The fourth-order valence-corrected chi connectivity index (χ4v) is 2.65. The summed E-state index contributed by atoms with van der Waals surface area (Å²) in [6.45, 7) is 0. The maximum atomic E-state index is 11.9. The molecule has 2 N–H and O–H groups in total. The Balaban J connectivity index is 1.84. The highest BCUT2D eigenvalue weighted by molar-refractivity contribution is 5.99. The number of aliphatic hydroxyl groups excluding tert-OH is 2. The molecular weight excluding hydrogens is 228 g/mol. The standard InChI is InChI=1S/C15H20O3/c16-13-8-4-7-11(13)9-10-14(17)15(18)12-5-2-1-3-6-12/h1-3,5-6,11,13-14,16-17H,4,7-10H2. The Bertz CT molecular complexity index is 388. The summed E-state index contributed by atoms with van der Waals surface area (Å²) in [5, 5.41) is 19.6. The normalized spacial score (nSPS) is 25.0. The van der Waals surface area contributed by atoms with Crippen LogP contribution in [-0.2, 0) is 0 Å². The molecule has 3 unspecified atom stereocenters. The van der Waals surface area contributed by atoms with Gasteiger partial charge in [0.1, 0.15) is 6.10 Å². The predicted octanol–water partition coefficient (Wildman–Crippen LogP) is 2.17. The van der Waals surface area contributed by atoms with E-state index in [4.69, 9.17) is 0 Å². The third-order valence-corrected chi connectivity index (χ3v) is 3.79. The Labute approximate surface area is 107 Å². The van der Waals surface area contributed by atoms with Crippen LogP contribution in [0.1, 0.15) is 42.5 Å². The van der Waals surface area contributed by atoms with Crippen molar-refractivity contribution >= 4 is 5.78 Å². The molecule has 2 rings (SSSR count). The predicted molar refractivity (Wildman–Crippen MR) is 69.4 cm³/mol. The van der Waals surface area contributed by atoms with Crippen LogP contribution in [0.2, 0.25) is 0 Å². The summed E-state index contributed by atoms with van der Waals surface area (Å²) in [5.41, 5.74) is 0.553. The van der Waals surface area contributed by atoms with Gasteiger partial charge in [0, 0.05) is 5.56 Å². The average Bonchev–Trinajstić information content (AvgIpc) is 2.81. The second kappa shape index (κ2) is 6.12. The zero-order valence-electron chi connectivity index (χ0n) is 10.5. The maximum absolute atomic E-state index is 11.9. The van der Waals surface area contributed by atoms with Crippen LogP contribution in [0.15, 0.2) is 30.3 Å². The quantitative estimate of drug-likeness (QED) is 0.785. The van der Waals surface area contributed by atoms with E-state index >= 15 is 0 Å². The van der Waals surface area contributed by atoms with E-state index in [1.165, 1.54) is 0 Å². The van der Waals surface area contributed by atoms with Gasteiger partial charge in [-0.2, -0.15) is 0 Å². The van der Waals surface area contributed by atoms with Gasteiger partial charge in [0.2, 0.25) is 0 Å². The van der Waals surface area contributed by atoms with Crippen LogP contribution >= 0.6 is 0 Å². The lowest BCUT2D eigenvalue weighted by Crippen LogP contribution is -2.23. The van der Waals surface area contributed by atoms with E-state index in [2.05, 4.69) is 0 Å². The molecule has 0 spiro atoms. The summed E-state index contributed by atoms with van der Waals surface area (Å²) >= 11 is 0. The summed E-state index contributed by atoms with van der Waals surface area (Å²) in [4.78, 5) is 11.9. The summed E-state index contributed by atoms with van der Waals surface area (Å²) in [6.07, 6.45) is 2.88. The van der Waals surface area contributed by atoms with E-state index < -0.39 is 6.10 Å². The van der Waals surface area contributed by atoms with Gasteiger partial charge in [-0.3, -0.25) is 4.79 Å². The van der Waals surface area contributed by atoms with Crippen molar-refractivity contribution in [2.24, 2.45) is 5.92 Å². The minimum absolute atomic E-state index is 0.219. The molecule has 98 valence electrons. The van der Waals surface area contributed by atoms with Crippen LogP contribution < -0.4 is 0 Å². The first-order chi connectivity index (χ1) is 8.68. The minimum atomic E-state index is -0.944. The molecule has 0 aliphatic heterocycles. The molecule has 0 aromatic heterocycles. The molecule has 0 radical (unpaired) electrons. The highest BCUT2D eigenvalue weighted by Crippen LogP contribution is 2.29. The van der Waals surface area contributed by atoms with Crippen LogP contribution in [-0.4, -0.2) is 28.2 Å². The monoisotopic (exact) mass is 248 g/mol. The minimum Gasteiger partial charge on any atom is -0.393 e. The van der Waals surface area contributed by atoms with Gasteiger partial charge in [0.25, 0.3) is 0 Å². The van der Waals surface area contributed by atoms with Gasteiger partial charge in [-0.1, -0.05) is 36.8 Å². The van der Waals surface area contributed by atoms with E-state index in [0.29, 0.717) is 12.0 Å². The van der Waals surface area contributed by atoms with Crippen molar-refractivity contribution in [3.8, 4) is 0 Å². The first kappa shape index (κ1) is 13.2. The summed E-state index contributed by atoms with van der Waals surface area (Å²) in [5.74, 6) is 0.0336. The number of benzene rings is 1. The van der Waals surface area contributed by atoms with Crippen molar-refractivity contribution in [2.45, 2.75) is 44.3 Å². The van der Waals surface area contributed by atoms with Crippen molar-refractivity contribution in [3.63, 3.8) is 0 Å². The highest BCUT2D eigenvalue weighted by atomic mass is 16.3. The van der Waals surface area contributed by atoms with Gasteiger partial charge in [-0.05, 0) is 31.6 Å². The zero-order valence-corrected chi connectivity index (χ0v) is 10.5. The molecule has 18 heavy (non-hydrogen) atoms. The number of carbonyl (C=O) groups excluding carboxylic acids is 1. The van der Waals surface area contributed by atoms with Crippen LogP contribution in [0.3, 0.4) is 0 Å². The third-order valence-electron chi connectivity index (χ3n) is 3.79. The number of hydrogen-bond acceptors (Lipinski definition) is 3. The molecule has 1 aromatic carbocycles. The number of carbonyl (C=O) groups is 1. The molecule has 1 saturated carbocycles.